The first-order valence-corrected chi connectivity index (χ1v) is 6.54. The van der Waals surface area contributed by atoms with Crippen LogP contribution in [-0.4, -0.2) is 13.7 Å². The van der Waals surface area contributed by atoms with Crippen LogP contribution >= 0.6 is 0 Å². The molecule has 17 heavy (non-hydrogen) atoms. The van der Waals surface area contributed by atoms with E-state index < -0.39 is 0 Å². The Kier molecular flexibility index (Phi) is 6.06. The van der Waals surface area contributed by atoms with Crippen molar-refractivity contribution in [3.63, 3.8) is 0 Å². The van der Waals surface area contributed by atoms with Gasteiger partial charge >= 0.3 is 0 Å². The molecule has 0 aliphatic heterocycles. The zero-order valence-electron chi connectivity index (χ0n) is 11.5. The summed E-state index contributed by atoms with van der Waals surface area (Å²) in [5, 5.41) is 3.55. The molecule has 0 aliphatic rings. The normalized spacial score (nSPS) is 12.8. The Bertz CT molecular complexity index is 322. The Morgan fingerprint density at radius 2 is 2.00 bits per heavy atom. The molecule has 2 heteroatoms. The van der Waals surface area contributed by atoms with E-state index in [-0.39, 0.29) is 0 Å². The number of methoxy groups -OCH3 is 1. The van der Waals surface area contributed by atoms with Crippen molar-refractivity contribution < 1.29 is 4.74 Å². The number of ether oxygens (including phenoxy) is 1. The molecule has 0 fully saturated rings. The lowest BCUT2D eigenvalue weighted by Gasteiger charge is -2.20. The van der Waals surface area contributed by atoms with E-state index in [0.29, 0.717) is 6.04 Å². The van der Waals surface area contributed by atoms with Crippen LogP contribution in [0.1, 0.15) is 45.2 Å². The van der Waals surface area contributed by atoms with Gasteiger partial charge in [0.25, 0.3) is 0 Å². The number of rotatable bonds is 7. The fourth-order valence-corrected chi connectivity index (χ4v) is 1.99. The van der Waals surface area contributed by atoms with E-state index in [4.69, 9.17) is 4.74 Å². The SMILES string of the molecule is CCNC(CCC(C)C)c1cccc(OC)c1. The van der Waals surface area contributed by atoms with Crippen LogP contribution in [0.2, 0.25) is 0 Å². The lowest BCUT2D eigenvalue weighted by Crippen LogP contribution is -2.21. The van der Waals surface area contributed by atoms with Crippen LogP contribution in [0.25, 0.3) is 0 Å². The molecule has 1 rings (SSSR count). The lowest BCUT2D eigenvalue weighted by atomic mass is 9.97. The lowest BCUT2D eigenvalue weighted by molar-refractivity contribution is 0.410. The van der Waals surface area contributed by atoms with Gasteiger partial charge in [-0.15, -0.1) is 0 Å². The second-order valence-electron chi connectivity index (χ2n) is 4.86. The number of hydrogen-bond donors (Lipinski definition) is 1. The first kappa shape index (κ1) is 14.0. The quantitative estimate of drug-likeness (QED) is 0.776. The number of hydrogen-bond acceptors (Lipinski definition) is 2. The van der Waals surface area contributed by atoms with Gasteiger partial charge in [-0.2, -0.15) is 0 Å². The summed E-state index contributed by atoms with van der Waals surface area (Å²) in [5.74, 6) is 1.69. The second-order valence-corrected chi connectivity index (χ2v) is 4.86. The molecule has 0 aromatic heterocycles. The van der Waals surface area contributed by atoms with E-state index in [9.17, 15) is 0 Å². The van der Waals surface area contributed by atoms with Crippen molar-refractivity contribution in [1.82, 2.24) is 5.32 Å². The third-order valence-corrected chi connectivity index (χ3v) is 2.98. The molecule has 1 atom stereocenters. The maximum absolute atomic E-state index is 5.28. The largest absolute Gasteiger partial charge is 0.497 e. The molecule has 0 saturated heterocycles. The minimum absolute atomic E-state index is 0.442. The van der Waals surface area contributed by atoms with Crippen LogP contribution in [-0.2, 0) is 0 Å². The average molecular weight is 235 g/mol. The molecular weight excluding hydrogens is 210 g/mol. The summed E-state index contributed by atoms with van der Waals surface area (Å²) < 4.78 is 5.28. The molecule has 0 radical (unpaired) electrons. The van der Waals surface area contributed by atoms with Crippen molar-refractivity contribution in [3.05, 3.63) is 29.8 Å². The van der Waals surface area contributed by atoms with E-state index in [1.54, 1.807) is 7.11 Å². The Morgan fingerprint density at radius 3 is 2.59 bits per heavy atom. The van der Waals surface area contributed by atoms with E-state index in [1.807, 2.05) is 6.07 Å². The fourth-order valence-electron chi connectivity index (χ4n) is 1.99. The van der Waals surface area contributed by atoms with Crippen molar-refractivity contribution in [3.8, 4) is 5.75 Å². The molecular formula is C15H25NO. The molecule has 0 heterocycles. The monoisotopic (exact) mass is 235 g/mol. The van der Waals surface area contributed by atoms with Crippen molar-refractivity contribution in [2.75, 3.05) is 13.7 Å². The minimum atomic E-state index is 0.442. The smallest absolute Gasteiger partial charge is 0.119 e. The van der Waals surface area contributed by atoms with Crippen molar-refractivity contribution in [2.45, 2.75) is 39.7 Å². The number of nitrogens with one attached hydrogen (secondary N) is 1. The summed E-state index contributed by atoms with van der Waals surface area (Å²) in [6.07, 6.45) is 2.42. The predicted octanol–water partition coefficient (Wildman–Crippen LogP) is 3.78. The molecule has 2 nitrogen and oxygen atoms in total. The maximum atomic E-state index is 5.28. The van der Waals surface area contributed by atoms with Gasteiger partial charge in [-0.25, -0.2) is 0 Å². The molecule has 0 bridgehead atoms. The van der Waals surface area contributed by atoms with E-state index >= 15 is 0 Å². The Hall–Kier alpha value is -1.02. The number of benzene rings is 1. The van der Waals surface area contributed by atoms with E-state index in [0.717, 1.165) is 18.2 Å². The van der Waals surface area contributed by atoms with Gasteiger partial charge in [-0.05, 0) is 43.0 Å². The van der Waals surface area contributed by atoms with Crippen LogP contribution in [0, 0.1) is 5.92 Å². The molecule has 1 aromatic carbocycles. The molecule has 0 spiro atoms. The second kappa shape index (κ2) is 7.33. The summed E-state index contributed by atoms with van der Waals surface area (Å²) >= 11 is 0. The van der Waals surface area contributed by atoms with Gasteiger partial charge < -0.3 is 10.1 Å². The van der Waals surface area contributed by atoms with Gasteiger partial charge in [-0.1, -0.05) is 32.9 Å². The standard InChI is InChI=1S/C15H25NO/c1-5-16-15(10-9-12(2)3)13-7-6-8-14(11-13)17-4/h6-8,11-12,15-16H,5,9-10H2,1-4H3. The van der Waals surface area contributed by atoms with Crippen LogP contribution in [0.4, 0.5) is 0 Å². The van der Waals surface area contributed by atoms with Crippen molar-refractivity contribution >= 4 is 0 Å². The molecule has 0 amide bonds. The zero-order chi connectivity index (χ0) is 12.7. The maximum Gasteiger partial charge on any atom is 0.119 e. The van der Waals surface area contributed by atoms with Crippen molar-refractivity contribution in [1.29, 1.82) is 0 Å². The Morgan fingerprint density at radius 1 is 1.24 bits per heavy atom. The molecule has 96 valence electrons. The van der Waals surface area contributed by atoms with Crippen LogP contribution < -0.4 is 10.1 Å². The van der Waals surface area contributed by atoms with Gasteiger partial charge in [0.2, 0.25) is 0 Å². The topological polar surface area (TPSA) is 21.3 Å². The summed E-state index contributed by atoms with van der Waals surface area (Å²) in [7, 11) is 1.72. The highest BCUT2D eigenvalue weighted by Crippen LogP contribution is 2.24. The van der Waals surface area contributed by atoms with Crippen LogP contribution in [0.5, 0.6) is 5.75 Å². The third-order valence-electron chi connectivity index (χ3n) is 2.98. The summed E-state index contributed by atoms with van der Waals surface area (Å²) in [6, 6.07) is 8.81. The summed E-state index contributed by atoms with van der Waals surface area (Å²) in [5.41, 5.74) is 1.33. The van der Waals surface area contributed by atoms with Gasteiger partial charge in [0.05, 0.1) is 7.11 Å². The highest BCUT2D eigenvalue weighted by Gasteiger charge is 2.11. The van der Waals surface area contributed by atoms with Crippen LogP contribution in [0.3, 0.4) is 0 Å². The van der Waals surface area contributed by atoms with E-state index in [2.05, 4.69) is 44.3 Å². The molecule has 1 aromatic rings. The molecule has 1 unspecified atom stereocenters. The average Bonchev–Trinajstić information content (AvgIpc) is 2.34. The van der Waals surface area contributed by atoms with E-state index in [1.165, 1.54) is 18.4 Å². The van der Waals surface area contributed by atoms with Gasteiger partial charge in [0, 0.05) is 6.04 Å². The summed E-state index contributed by atoms with van der Waals surface area (Å²) in [6.45, 7) is 7.70. The molecule has 1 N–H and O–H groups in total. The van der Waals surface area contributed by atoms with Crippen molar-refractivity contribution in [2.24, 2.45) is 5.92 Å². The molecule has 0 saturated carbocycles. The Balaban J connectivity index is 2.73. The van der Waals surface area contributed by atoms with Gasteiger partial charge in [0.1, 0.15) is 5.75 Å². The zero-order valence-corrected chi connectivity index (χ0v) is 11.5. The summed E-state index contributed by atoms with van der Waals surface area (Å²) in [4.78, 5) is 0. The minimum Gasteiger partial charge on any atom is -0.497 e. The highest BCUT2D eigenvalue weighted by atomic mass is 16.5. The van der Waals surface area contributed by atoms with Crippen LogP contribution in [0.15, 0.2) is 24.3 Å². The first-order valence-electron chi connectivity index (χ1n) is 6.54. The first-order chi connectivity index (χ1) is 8.17. The van der Waals surface area contributed by atoms with Gasteiger partial charge in [-0.3, -0.25) is 0 Å². The predicted molar refractivity (Wildman–Crippen MR) is 73.5 cm³/mol. The molecule has 0 aliphatic carbocycles. The highest BCUT2D eigenvalue weighted by molar-refractivity contribution is 5.30. The third kappa shape index (κ3) is 4.78. The fraction of sp³-hybridized carbons (Fsp3) is 0.600. The Labute approximate surface area is 105 Å². The van der Waals surface area contributed by atoms with Gasteiger partial charge in [0.15, 0.2) is 0 Å².